The smallest absolute Gasteiger partial charge is 0.104 e. The van der Waals surface area contributed by atoms with E-state index in [0.717, 1.165) is 36.4 Å². The summed E-state index contributed by atoms with van der Waals surface area (Å²) >= 11 is 0. The number of aromatic amines is 1. The molecule has 2 rings (SSSR count). The zero-order valence-corrected chi connectivity index (χ0v) is 10.4. The monoisotopic (exact) mass is 233 g/mol. The van der Waals surface area contributed by atoms with Crippen LogP contribution in [0.5, 0.6) is 0 Å². The number of hydrogen-bond donors (Lipinski definition) is 2. The molecular weight excluding hydrogens is 214 g/mol. The number of fused-ring (bicyclic) bond motifs is 1. The second-order valence-electron chi connectivity index (χ2n) is 4.18. The fourth-order valence-corrected chi connectivity index (χ4v) is 1.82. The molecule has 1 aromatic heterocycles. The van der Waals surface area contributed by atoms with Gasteiger partial charge in [0.2, 0.25) is 0 Å². The highest BCUT2D eigenvalue weighted by atomic mass is 16.5. The predicted octanol–water partition coefficient (Wildman–Crippen LogP) is 2.00. The molecule has 0 spiro atoms. The predicted molar refractivity (Wildman–Crippen MR) is 69.0 cm³/mol. The third-order valence-electron chi connectivity index (χ3n) is 2.65. The van der Waals surface area contributed by atoms with Crippen LogP contribution in [0.4, 0.5) is 0 Å². The summed E-state index contributed by atoms with van der Waals surface area (Å²) in [6, 6.07) is 6.21. The minimum atomic E-state index is 0.664. The number of rotatable bonds is 6. The number of ether oxygens (including phenoxy) is 1. The molecule has 17 heavy (non-hydrogen) atoms. The second-order valence-corrected chi connectivity index (χ2v) is 4.18. The minimum Gasteiger partial charge on any atom is -0.377 e. The molecule has 2 N–H and O–H groups in total. The molecule has 0 unspecified atom stereocenters. The van der Waals surface area contributed by atoms with E-state index in [1.165, 1.54) is 5.56 Å². The maximum Gasteiger partial charge on any atom is 0.104 e. The van der Waals surface area contributed by atoms with Crippen LogP contribution < -0.4 is 5.32 Å². The molecule has 1 aromatic carbocycles. The van der Waals surface area contributed by atoms with Crippen LogP contribution in [0.3, 0.4) is 0 Å². The highest BCUT2D eigenvalue weighted by Crippen LogP contribution is 2.14. The Hall–Kier alpha value is -1.39. The Morgan fingerprint density at radius 3 is 3.12 bits per heavy atom. The summed E-state index contributed by atoms with van der Waals surface area (Å²) < 4.78 is 5.60. The number of nitrogens with zero attached hydrogens (tertiary/aromatic N) is 1. The standard InChI is InChI=1S/C13H19N3O/c1-10-15-12-5-4-11(8-13(12)16-10)9-17-7-3-6-14-2/h4-5,8,14H,3,6-7,9H2,1-2H3,(H,15,16). The van der Waals surface area contributed by atoms with E-state index in [2.05, 4.69) is 27.4 Å². The molecule has 0 aliphatic rings. The van der Waals surface area contributed by atoms with Crippen molar-refractivity contribution in [1.82, 2.24) is 15.3 Å². The molecule has 0 aliphatic carbocycles. The average Bonchev–Trinajstić information content (AvgIpc) is 2.68. The van der Waals surface area contributed by atoms with Crippen LogP contribution in [-0.4, -0.2) is 30.2 Å². The van der Waals surface area contributed by atoms with Gasteiger partial charge in [-0.2, -0.15) is 0 Å². The lowest BCUT2D eigenvalue weighted by molar-refractivity contribution is 0.119. The van der Waals surface area contributed by atoms with Gasteiger partial charge in [0.15, 0.2) is 0 Å². The second kappa shape index (κ2) is 5.80. The third-order valence-corrected chi connectivity index (χ3v) is 2.65. The van der Waals surface area contributed by atoms with E-state index in [9.17, 15) is 0 Å². The van der Waals surface area contributed by atoms with Crippen LogP contribution in [-0.2, 0) is 11.3 Å². The van der Waals surface area contributed by atoms with Crippen LogP contribution in [0.25, 0.3) is 11.0 Å². The summed E-state index contributed by atoms with van der Waals surface area (Å²) in [5.41, 5.74) is 3.28. The minimum absolute atomic E-state index is 0.664. The molecule has 0 atom stereocenters. The van der Waals surface area contributed by atoms with Crippen molar-refractivity contribution in [3.05, 3.63) is 29.6 Å². The summed E-state index contributed by atoms with van der Waals surface area (Å²) in [6.07, 6.45) is 1.04. The van der Waals surface area contributed by atoms with E-state index in [4.69, 9.17) is 4.74 Å². The summed E-state index contributed by atoms with van der Waals surface area (Å²) in [7, 11) is 1.95. The van der Waals surface area contributed by atoms with Gasteiger partial charge in [0, 0.05) is 6.61 Å². The van der Waals surface area contributed by atoms with Crippen LogP contribution >= 0.6 is 0 Å². The van der Waals surface area contributed by atoms with Gasteiger partial charge >= 0.3 is 0 Å². The summed E-state index contributed by atoms with van der Waals surface area (Å²) in [4.78, 5) is 7.60. The lowest BCUT2D eigenvalue weighted by atomic mass is 10.2. The molecule has 0 saturated carbocycles. The summed E-state index contributed by atoms with van der Waals surface area (Å²) in [6.45, 7) is 4.42. The van der Waals surface area contributed by atoms with Crippen LogP contribution in [0, 0.1) is 6.92 Å². The van der Waals surface area contributed by atoms with Gasteiger partial charge in [-0.15, -0.1) is 0 Å². The van der Waals surface area contributed by atoms with Gasteiger partial charge in [0.05, 0.1) is 17.6 Å². The molecule has 0 fully saturated rings. The SMILES string of the molecule is CNCCCOCc1ccc2nc(C)[nH]c2c1. The van der Waals surface area contributed by atoms with Gasteiger partial charge < -0.3 is 15.0 Å². The Kier molecular flexibility index (Phi) is 4.12. The molecule has 0 radical (unpaired) electrons. The molecule has 0 bridgehead atoms. The zero-order chi connectivity index (χ0) is 12.1. The molecule has 1 heterocycles. The molecule has 0 amide bonds. The molecule has 0 aliphatic heterocycles. The lowest BCUT2D eigenvalue weighted by Crippen LogP contribution is -2.10. The lowest BCUT2D eigenvalue weighted by Gasteiger charge is -2.04. The Bertz CT molecular complexity index is 478. The Labute approximate surface area is 101 Å². The fraction of sp³-hybridized carbons (Fsp3) is 0.462. The van der Waals surface area contributed by atoms with Gasteiger partial charge in [-0.3, -0.25) is 0 Å². The van der Waals surface area contributed by atoms with Gasteiger partial charge in [-0.05, 0) is 44.6 Å². The van der Waals surface area contributed by atoms with Crippen LogP contribution in [0.1, 0.15) is 17.8 Å². The largest absolute Gasteiger partial charge is 0.377 e. The topological polar surface area (TPSA) is 49.9 Å². The maximum atomic E-state index is 5.60. The Balaban J connectivity index is 1.90. The first-order valence-corrected chi connectivity index (χ1v) is 5.97. The quantitative estimate of drug-likeness (QED) is 0.750. The van der Waals surface area contributed by atoms with Gasteiger partial charge in [0.1, 0.15) is 5.82 Å². The third kappa shape index (κ3) is 3.28. The highest BCUT2D eigenvalue weighted by Gasteiger charge is 2.00. The van der Waals surface area contributed by atoms with Crippen molar-refractivity contribution in [3.8, 4) is 0 Å². The first kappa shape index (κ1) is 12.1. The fourth-order valence-electron chi connectivity index (χ4n) is 1.82. The van der Waals surface area contributed by atoms with Crippen LogP contribution in [0.2, 0.25) is 0 Å². The molecule has 2 aromatic rings. The van der Waals surface area contributed by atoms with Gasteiger partial charge in [-0.25, -0.2) is 4.98 Å². The van der Waals surface area contributed by atoms with E-state index in [1.807, 2.05) is 20.0 Å². The molecule has 4 nitrogen and oxygen atoms in total. The number of aromatic nitrogens is 2. The van der Waals surface area contributed by atoms with E-state index in [-0.39, 0.29) is 0 Å². The van der Waals surface area contributed by atoms with Crippen molar-refractivity contribution in [2.24, 2.45) is 0 Å². The number of nitrogens with one attached hydrogen (secondary N) is 2. The summed E-state index contributed by atoms with van der Waals surface area (Å²) in [5.74, 6) is 0.951. The number of hydrogen-bond acceptors (Lipinski definition) is 3. The molecule has 0 saturated heterocycles. The molecule has 92 valence electrons. The number of benzene rings is 1. The normalized spacial score (nSPS) is 11.2. The van der Waals surface area contributed by atoms with Crippen molar-refractivity contribution in [1.29, 1.82) is 0 Å². The maximum absolute atomic E-state index is 5.60. The van der Waals surface area contributed by atoms with Crippen molar-refractivity contribution in [2.75, 3.05) is 20.2 Å². The Morgan fingerprint density at radius 2 is 2.29 bits per heavy atom. The van der Waals surface area contributed by atoms with E-state index < -0.39 is 0 Å². The van der Waals surface area contributed by atoms with Crippen molar-refractivity contribution in [3.63, 3.8) is 0 Å². The Morgan fingerprint density at radius 1 is 1.41 bits per heavy atom. The van der Waals surface area contributed by atoms with E-state index >= 15 is 0 Å². The number of H-pyrrole nitrogens is 1. The number of aryl methyl sites for hydroxylation is 1. The summed E-state index contributed by atoms with van der Waals surface area (Å²) in [5, 5.41) is 3.10. The molecule has 4 heteroatoms. The number of imidazole rings is 1. The first-order valence-electron chi connectivity index (χ1n) is 5.97. The highest BCUT2D eigenvalue weighted by molar-refractivity contribution is 5.75. The van der Waals surface area contributed by atoms with E-state index in [1.54, 1.807) is 0 Å². The molecular formula is C13H19N3O. The van der Waals surface area contributed by atoms with E-state index in [0.29, 0.717) is 6.61 Å². The first-order chi connectivity index (χ1) is 8.29. The van der Waals surface area contributed by atoms with Gasteiger partial charge in [0.25, 0.3) is 0 Å². The van der Waals surface area contributed by atoms with Crippen molar-refractivity contribution >= 4 is 11.0 Å². The van der Waals surface area contributed by atoms with Crippen molar-refractivity contribution < 1.29 is 4.74 Å². The average molecular weight is 233 g/mol. The zero-order valence-electron chi connectivity index (χ0n) is 10.4. The van der Waals surface area contributed by atoms with Gasteiger partial charge in [-0.1, -0.05) is 6.07 Å². The van der Waals surface area contributed by atoms with Crippen LogP contribution in [0.15, 0.2) is 18.2 Å². The van der Waals surface area contributed by atoms with Crippen molar-refractivity contribution in [2.45, 2.75) is 20.0 Å².